The Labute approximate surface area is 817 Å². The minimum atomic E-state index is -4.71. The molecule has 1 aliphatic heterocycles. The first-order chi connectivity index (χ1) is 65.8. The molecule has 1 aromatic heterocycles. The molecule has 22 nitrogen and oxygen atoms in total. The summed E-state index contributed by atoms with van der Waals surface area (Å²) < 4.78 is 89.1. The molecule has 14 rings (SSSR count). The van der Waals surface area contributed by atoms with Crippen LogP contribution in [-0.4, -0.2) is 110 Å². The maximum Gasteiger partial charge on any atom is 0.344 e. The van der Waals surface area contributed by atoms with Crippen molar-refractivity contribution < 1.29 is 98.9 Å². The average molecular weight is 1960 g/mol. The van der Waals surface area contributed by atoms with E-state index in [-0.39, 0.29) is 75.4 Å². The van der Waals surface area contributed by atoms with Crippen molar-refractivity contribution in [1.29, 1.82) is 0 Å². The highest BCUT2D eigenvalue weighted by molar-refractivity contribution is 7.99. The van der Waals surface area contributed by atoms with Crippen LogP contribution >= 0.6 is 45.2 Å². The molecule has 1 aliphatic rings. The van der Waals surface area contributed by atoms with Crippen LogP contribution < -0.4 is 14.9 Å². The van der Waals surface area contributed by atoms with E-state index < -0.39 is 106 Å². The molecule has 0 saturated carbocycles. The molecule has 0 spiro atoms. The summed E-state index contributed by atoms with van der Waals surface area (Å²) in [5, 5.41) is 0.749. The molecule has 0 unspecified atom stereocenters. The van der Waals surface area contributed by atoms with Gasteiger partial charge in [0.1, 0.15) is 31.3 Å². The number of fused-ring (bicyclic) bond motifs is 4. The van der Waals surface area contributed by atoms with E-state index in [2.05, 4.69) is 24.8 Å². The van der Waals surface area contributed by atoms with Crippen molar-refractivity contribution >= 4 is 128 Å². The van der Waals surface area contributed by atoms with Crippen LogP contribution in [0, 0.1) is 132 Å². The van der Waals surface area contributed by atoms with Crippen LogP contribution in [0.3, 0.4) is 0 Å². The van der Waals surface area contributed by atoms with E-state index in [0.717, 1.165) is 70.1 Å². The van der Waals surface area contributed by atoms with Crippen molar-refractivity contribution in [2.75, 3.05) is 52.9 Å². The third kappa shape index (κ3) is 23.7. The van der Waals surface area contributed by atoms with Crippen LogP contribution in [0.2, 0.25) is 0 Å². The molecule has 0 saturated heterocycles. The SMILES string of the molecule is C=C1c2ccc(OCC(=O)OCCOP(=O)(C(=O)c3c(C)cc(C)cc3C)C(=O)c3c(C)cc(C)cc3C)cc2Sc2ccc(C)cc21.Cc1cc(C)c(C(=O)P(=O)(OCCOC(=O)COc2ccc(C(=O)c3ccccc3)cc2)C(=O)c2c(C)cc(C)cc2C)c(C)c1.Cc1cc(C)c(C(=O)P(=O)(OCCOC(=O)c2cccc3sc4ccccc4c(=O)c23)C(=O)c2c(C)cc(C)cc2C)c(C)c1. The Bertz CT molecular complexity index is 7050. The fourth-order valence-electron chi connectivity index (χ4n) is 17.6. The Morgan fingerprint density at radius 3 is 1.04 bits per heavy atom. The van der Waals surface area contributed by atoms with Gasteiger partial charge in [-0.1, -0.05) is 191 Å². The van der Waals surface area contributed by atoms with E-state index in [4.69, 9.17) is 37.3 Å². The maximum absolute atomic E-state index is 14.5. The van der Waals surface area contributed by atoms with Gasteiger partial charge in [0, 0.05) is 69.1 Å². The first kappa shape index (κ1) is 105. The lowest BCUT2D eigenvalue weighted by atomic mass is 9.97. The van der Waals surface area contributed by atoms with Gasteiger partial charge in [-0.2, -0.15) is 0 Å². The van der Waals surface area contributed by atoms with E-state index in [1.165, 1.54) is 17.4 Å². The molecule has 0 N–H and O–H groups in total. The average Bonchev–Trinajstić information content (AvgIpc) is 0.770. The van der Waals surface area contributed by atoms with E-state index in [0.29, 0.717) is 99.5 Å². The second kappa shape index (κ2) is 44.8. The second-order valence-electron chi connectivity index (χ2n) is 34.8. The van der Waals surface area contributed by atoms with Crippen LogP contribution in [0.15, 0.2) is 227 Å². The summed E-state index contributed by atoms with van der Waals surface area (Å²) in [7, 11) is -14.0. The molecule has 12 aromatic carbocycles. The summed E-state index contributed by atoms with van der Waals surface area (Å²) in [4.78, 5) is 150. The monoisotopic (exact) mass is 1960 g/mol. The van der Waals surface area contributed by atoms with Gasteiger partial charge in [-0.15, -0.1) is 11.3 Å². The van der Waals surface area contributed by atoms with Gasteiger partial charge in [-0.25, -0.2) is 14.4 Å². The van der Waals surface area contributed by atoms with Crippen LogP contribution in [0.1, 0.15) is 205 Å². The number of aryl methyl sites for hydroxylation is 19. The topological polar surface area (TPSA) is 313 Å². The molecule has 0 aliphatic carbocycles. The third-order valence-electron chi connectivity index (χ3n) is 23.4. The van der Waals surface area contributed by atoms with Gasteiger partial charge in [0.2, 0.25) is 0 Å². The molecule has 0 radical (unpaired) electrons. The number of carbonyl (C=O) groups is 10. The van der Waals surface area contributed by atoms with Crippen LogP contribution in [0.5, 0.6) is 11.5 Å². The van der Waals surface area contributed by atoms with E-state index >= 15 is 0 Å². The van der Waals surface area contributed by atoms with Gasteiger partial charge < -0.3 is 37.3 Å². The second-order valence-corrected chi connectivity index (χ2v) is 43.5. The van der Waals surface area contributed by atoms with Gasteiger partial charge in [0.25, 0.3) is 33.1 Å². The zero-order valence-electron chi connectivity index (χ0n) is 81.1. The number of hydrogen-bond acceptors (Lipinski definition) is 24. The molecule has 13 aromatic rings. The highest BCUT2D eigenvalue weighted by Crippen LogP contribution is 2.58. The maximum atomic E-state index is 14.5. The van der Waals surface area contributed by atoms with Gasteiger partial charge in [-0.3, -0.25) is 52.1 Å². The van der Waals surface area contributed by atoms with E-state index in [9.17, 15) is 66.4 Å². The Morgan fingerprint density at radius 1 is 0.309 bits per heavy atom. The van der Waals surface area contributed by atoms with Gasteiger partial charge in [0.05, 0.1) is 30.8 Å². The number of rotatable bonds is 33. The van der Waals surface area contributed by atoms with Gasteiger partial charge in [-0.05, 0) is 288 Å². The Morgan fingerprint density at radius 2 is 0.647 bits per heavy atom. The fraction of sp³-hybridized carbons (Fsp3) is 0.241. The highest BCUT2D eigenvalue weighted by atomic mass is 32.2. The van der Waals surface area contributed by atoms with E-state index in [1.807, 2.05) is 78.8 Å². The lowest BCUT2D eigenvalue weighted by Crippen LogP contribution is -2.21. The molecule has 0 fully saturated rings. The molecule has 0 amide bonds. The number of esters is 3. The number of ether oxygens (including phenoxy) is 5. The van der Waals surface area contributed by atoms with Crippen LogP contribution in [0.4, 0.5) is 0 Å². The summed E-state index contributed by atoms with van der Waals surface area (Å²) in [5.74, 6) is -1.49. The molecule has 716 valence electrons. The quantitative estimate of drug-likeness (QED) is 0.00921. The van der Waals surface area contributed by atoms with Crippen LogP contribution in [-0.2, 0) is 51.1 Å². The largest absolute Gasteiger partial charge is 0.482 e. The standard InChI is InChI=1S/C39H39O7PS.C37H37O8P.C36H33O7PS/c1-22-9-12-33-32(19-22)29(8)31-11-10-30(20-34(31)48-33)45-21-35(40)44-13-14-46-47(43,38(41)36-25(4)15-23(2)16-26(36)5)39(42)37-27(6)17-24(3)18-28(37)7;1-23-18-25(3)33(26(4)19-23)36(40)46(42,37(41)34-27(5)20-24(2)21-28(34)6)45-17-16-43-32(38)22-44-31-14-12-30(13-15-31)35(39)29-10-8-7-9-11-29;1-20-16-22(3)30(23(4)17-20)35(39)44(41,36(40)31-24(5)18-21(2)19-25(31)6)43-15-14-42-34(38)27-11-9-13-29-32(27)33(37)26-10-7-8-12-28(26)45-29/h9-12,15-20H,8,13-14,21H2,1-7H3;7-15,18-21H,16-17,22H2,1-6H3;7-13,16-19H,14-15H2,1-6H3. The number of carbonyl (C=O) groups excluding carboxylic acids is 10. The number of ketones is 1. The van der Waals surface area contributed by atoms with Crippen molar-refractivity contribution in [3.8, 4) is 11.5 Å². The number of hydrogen-bond donors (Lipinski definition) is 0. The molecule has 0 atom stereocenters. The molecule has 139 heavy (non-hydrogen) atoms. The predicted molar refractivity (Wildman–Crippen MR) is 546 cm³/mol. The molecule has 2 heterocycles. The first-order valence-electron chi connectivity index (χ1n) is 44.8. The predicted octanol–water partition coefficient (Wildman–Crippen LogP) is 25.3. The summed E-state index contributed by atoms with van der Waals surface area (Å²) in [6.07, 6.45) is 0. The number of benzene rings is 12. The molecular weight excluding hydrogens is 1850 g/mol. The smallest absolute Gasteiger partial charge is 0.344 e. The Balaban J connectivity index is 0.000000187. The highest BCUT2D eigenvalue weighted by Gasteiger charge is 2.48. The van der Waals surface area contributed by atoms with E-state index in [1.54, 1.807) is 247 Å². The van der Waals surface area contributed by atoms with Gasteiger partial charge in [0.15, 0.2) is 24.4 Å². The van der Waals surface area contributed by atoms with Crippen LogP contribution in [0.25, 0.3) is 25.7 Å². The van der Waals surface area contributed by atoms with Crippen molar-refractivity contribution in [3.05, 3.63) is 390 Å². The lowest BCUT2D eigenvalue weighted by Gasteiger charge is -2.22. The third-order valence-corrected chi connectivity index (χ3v) is 31.9. The zero-order valence-corrected chi connectivity index (χ0v) is 85.4. The molecule has 27 heteroatoms. The summed E-state index contributed by atoms with van der Waals surface area (Å²) in [6.45, 7) is 35.1. The minimum absolute atomic E-state index is 0.0895. The normalized spacial score (nSPS) is 11.7. The first-order valence-corrected chi connectivity index (χ1v) is 51.4. The van der Waals surface area contributed by atoms with Crippen molar-refractivity contribution in [3.63, 3.8) is 0 Å². The molecular formula is C112H109O22P3S2. The lowest BCUT2D eigenvalue weighted by molar-refractivity contribution is -0.147. The Hall–Kier alpha value is -13.1. The van der Waals surface area contributed by atoms with Crippen molar-refractivity contribution in [2.45, 2.75) is 141 Å². The fourth-order valence-corrected chi connectivity index (χ4v) is 26.0. The summed E-state index contributed by atoms with van der Waals surface area (Å²) in [6, 6.07) is 60.7. The summed E-state index contributed by atoms with van der Waals surface area (Å²) in [5.41, 5.74) is 13.4. The molecule has 0 bridgehead atoms. The van der Waals surface area contributed by atoms with Crippen molar-refractivity contribution in [2.24, 2.45) is 0 Å². The summed E-state index contributed by atoms with van der Waals surface area (Å²) >= 11 is 3.01. The zero-order chi connectivity index (χ0) is 101. The Kier molecular flexibility index (Phi) is 33.8. The minimum Gasteiger partial charge on any atom is -0.482 e. The van der Waals surface area contributed by atoms with Crippen molar-refractivity contribution in [1.82, 2.24) is 0 Å². The van der Waals surface area contributed by atoms with Gasteiger partial charge >= 0.3 is 40.0 Å².